The highest BCUT2D eigenvalue weighted by atomic mass is 15.1. The number of rotatable bonds is 7. The normalized spacial score (nSPS) is 12.4. The van der Waals surface area contributed by atoms with E-state index in [0.717, 1.165) is 17.1 Å². The molecule has 0 bridgehead atoms. The molecule has 264 valence electrons. The SMILES string of the molecule is c1ccc(-c2ccc(N(c3ccccc3)c3ccc(-c4cccc(C5(c6ccccc6)c6ccccc6-c6ccccc6-c6ccccc65)c4)cc3)cc2)cc1. The van der Waals surface area contributed by atoms with Crippen molar-refractivity contribution in [2.75, 3.05) is 4.90 Å². The van der Waals surface area contributed by atoms with Gasteiger partial charge >= 0.3 is 0 Å². The van der Waals surface area contributed by atoms with E-state index in [4.69, 9.17) is 0 Å². The van der Waals surface area contributed by atoms with Crippen molar-refractivity contribution in [3.8, 4) is 44.5 Å². The highest BCUT2D eigenvalue weighted by molar-refractivity contribution is 5.93. The number of para-hydroxylation sites is 1. The summed E-state index contributed by atoms with van der Waals surface area (Å²) in [6, 6.07) is 86.3. The largest absolute Gasteiger partial charge is 0.311 e. The molecule has 1 aliphatic rings. The molecule has 0 fully saturated rings. The van der Waals surface area contributed by atoms with Crippen LogP contribution in [0.4, 0.5) is 17.1 Å². The van der Waals surface area contributed by atoms with Crippen molar-refractivity contribution in [1.82, 2.24) is 0 Å². The highest BCUT2D eigenvalue weighted by Crippen LogP contribution is 2.55. The molecule has 9 aromatic rings. The molecule has 0 atom stereocenters. The summed E-state index contributed by atoms with van der Waals surface area (Å²) in [6.45, 7) is 0. The van der Waals surface area contributed by atoms with Crippen LogP contribution in [0.25, 0.3) is 44.5 Å². The minimum absolute atomic E-state index is 0.570. The van der Waals surface area contributed by atoms with Gasteiger partial charge in [-0.05, 0) is 109 Å². The minimum Gasteiger partial charge on any atom is -0.311 e. The van der Waals surface area contributed by atoms with Gasteiger partial charge in [-0.15, -0.1) is 0 Å². The molecule has 0 amide bonds. The van der Waals surface area contributed by atoms with Crippen LogP contribution in [0.1, 0.15) is 22.3 Å². The van der Waals surface area contributed by atoms with Crippen LogP contribution in [0.2, 0.25) is 0 Å². The van der Waals surface area contributed by atoms with Crippen molar-refractivity contribution in [2.24, 2.45) is 0 Å². The van der Waals surface area contributed by atoms with Crippen molar-refractivity contribution in [3.63, 3.8) is 0 Å². The minimum atomic E-state index is -0.570. The van der Waals surface area contributed by atoms with E-state index in [1.165, 1.54) is 66.8 Å². The first-order chi connectivity index (χ1) is 27.8. The zero-order valence-corrected chi connectivity index (χ0v) is 31.0. The molecule has 0 saturated heterocycles. The van der Waals surface area contributed by atoms with E-state index >= 15 is 0 Å². The van der Waals surface area contributed by atoms with Gasteiger partial charge in [-0.25, -0.2) is 0 Å². The number of hydrogen-bond donors (Lipinski definition) is 0. The Morgan fingerprint density at radius 3 is 1.18 bits per heavy atom. The Morgan fingerprint density at radius 2 is 0.625 bits per heavy atom. The van der Waals surface area contributed by atoms with Crippen LogP contribution in [0.3, 0.4) is 0 Å². The van der Waals surface area contributed by atoms with E-state index in [0.29, 0.717) is 0 Å². The predicted molar refractivity (Wildman–Crippen MR) is 235 cm³/mol. The molecule has 0 N–H and O–H groups in total. The standard InChI is InChI=1S/C55H39N/c1-4-17-40(18-5-1)41-31-35-47(36-32-41)56(46-23-8-3-9-24-46)48-37-33-42(34-38-48)43-19-16-22-45(39-43)55(44-20-6-2-7-21-44)53-29-14-12-27-51(53)49-25-10-11-26-50(49)52-28-13-15-30-54(52)55/h1-39H. The molecular formula is C55H39N. The Hall–Kier alpha value is -7.22. The van der Waals surface area contributed by atoms with Gasteiger partial charge in [-0.1, -0.05) is 194 Å². The maximum atomic E-state index is 2.42. The second-order valence-corrected chi connectivity index (χ2v) is 14.5. The molecule has 56 heavy (non-hydrogen) atoms. The second-order valence-electron chi connectivity index (χ2n) is 14.5. The monoisotopic (exact) mass is 713 g/mol. The van der Waals surface area contributed by atoms with Crippen molar-refractivity contribution in [3.05, 3.63) is 259 Å². The first kappa shape index (κ1) is 33.4. The first-order valence-electron chi connectivity index (χ1n) is 19.3. The summed E-state index contributed by atoms with van der Waals surface area (Å²) in [6.07, 6.45) is 0. The Kier molecular flexibility index (Phi) is 8.46. The molecular weight excluding hydrogens is 675 g/mol. The van der Waals surface area contributed by atoms with Gasteiger partial charge in [0.05, 0.1) is 5.41 Å². The lowest BCUT2D eigenvalue weighted by atomic mass is 9.63. The maximum absolute atomic E-state index is 2.42. The summed E-state index contributed by atoms with van der Waals surface area (Å²) in [7, 11) is 0. The molecule has 0 aromatic heterocycles. The van der Waals surface area contributed by atoms with Gasteiger partial charge < -0.3 is 4.90 Å². The summed E-state index contributed by atoms with van der Waals surface area (Å²) >= 11 is 0. The second kappa shape index (κ2) is 14.2. The van der Waals surface area contributed by atoms with E-state index in [9.17, 15) is 0 Å². The fraction of sp³-hybridized carbons (Fsp3) is 0.0182. The first-order valence-corrected chi connectivity index (χ1v) is 19.3. The van der Waals surface area contributed by atoms with E-state index < -0.39 is 5.41 Å². The zero-order chi connectivity index (χ0) is 37.3. The third-order valence-electron chi connectivity index (χ3n) is 11.4. The van der Waals surface area contributed by atoms with Gasteiger partial charge in [0, 0.05) is 17.1 Å². The molecule has 1 aliphatic carbocycles. The molecule has 10 rings (SSSR count). The molecule has 1 nitrogen and oxygen atoms in total. The van der Waals surface area contributed by atoms with E-state index in [-0.39, 0.29) is 0 Å². The van der Waals surface area contributed by atoms with Gasteiger partial charge in [0.15, 0.2) is 0 Å². The van der Waals surface area contributed by atoms with E-state index in [1.54, 1.807) is 0 Å². The van der Waals surface area contributed by atoms with Crippen LogP contribution >= 0.6 is 0 Å². The summed E-state index contributed by atoms with van der Waals surface area (Å²) in [5.41, 5.74) is 17.6. The van der Waals surface area contributed by atoms with Crippen LogP contribution < -0.4 is 4.90 Å². The zero-order valence-electron chi connectivity index (χ0n) is 31.0. The summed E-state index contributed by atoms with van der Waals surface area (Å²) in [4.78, 5) is 2.33. The molecule has 0 unspecified atom stereocenters. The maximum Gasteiger partial charge on any atom is 0.0713 e. The quantitative estimate of drug-likeness (QED) is 0.159. The van der Waals surface area contributed by atoms with Gasteiger partial charge in [0.1, 0.15) is 0 Å². The Bertz CT molecular complexity index is 2700. The molecule has 0 aliphatic heterocycles. The number of anilines is 3. The summed E-state index contributed by atoms with van der Waals surface area (Å²) < 4.78 is 0. The van der Waals surface area contributed by atoms with Crippen molar-refractivity contribution >= 4 is 17.1 Å². The van der Waals surface area contributed by atoms with Crippen LogP contribution in [0.15, 0.2) is 237 Å². The lowest BCUT2D eigenvalue weighted by molar-refractivity contribution is 0.752. The number of benzene rings is 9. The molecule has 0 radical (unpaired) electrons. The molecule has 0 heterocycles. The Balaban J connectivity index is 1.11. The molecule has 0 spiro atoms. The average molecular weight is 714 g/mol. The Morgan fingerprint density at radius 1 is 0.250 bits per heavy atom. The molecule has 9 aromatic carbocycles. The van der Waals surface area contributed by atoms with Crippen molar-refractivity contribution in [1.29, 1.82) is 0 Å². The van der Waals surface area contributed by atoms with Gasteiger partial charge in [0.2, 0.25) is 0 Å². The summed E-state index contributed by atoms with van der Waals surface area (Å²) in [5, 5.41) is 0. The Labute approximate surface area is 329 Å². The number of nitrogens with zero attached hydrogens (tertiary/aromatic N) is 1. The average Bonchev–Trinajstić information content (AvgIpc) is 3.39. The third kappa shape index (κ3) is 5.65. The van der Waals surface area contributed by atoms with Gasteiger partial charge in [0.25, 0.3) is 0 Å². The lowest BCUT2D eigenvalue weighted by Crippen LogP contribution is -2.31. The van der Waals surface area contributed by atoms with Crippen molar-refractivity contribution in [2.45, 2.75) is 5.41 Å². The van der Waals surface area contributed by atoms with Gasteiger partial charge in [-0.2, -0.15) is 0 Å². The fourth-order valence-electron chi connectivity index (χ4n) is 8.86. The summed E-state index contributed by atoms with van der Waals surface area (Å²) in [5.74, 6) is 0. The van der Waals surface area contributed by atoms with Crippen LogP contribution in [0.5, 0.6) is 0 Å². The highest BCUT2D eigenvalue weighted by Gasteiger charge is 2.43. The predicted octanol–water partition coefficient (Wildman–Crippen LogP) is 14.5. The topological polar surface area (TPSA) is 3.24 Å². The van der Waals surface area contributed by atoms with Crippen LogP contribution in [-0.4, -0.2) is 0 Å². The third-order valence-corrected chi connectivity index (χ3v) is 11.4. The molecule has 1 heteroatoms. The molecule has 0 saturated carbocycles. The number of hydrogen-bond acceptors (Lipinski definition) is 1. The van der Waals surface area contributed by atoms with Gasteiger partial charge in [-0.3, -0.25) is 0 Å². The van der Waals surface area contributed by atoms with E-state index in [1.807, 2.05) is 0 Å². The smallest absolute Gasteiger partial charge is 0.0713 e. The lowest BCUT2D eigenvalue weighted by Gasteiger charge is -2.38. The van der Waals surface area contributed by atoms with Crippen molar-refractivity contribution < 1.29 is 0 Å². The van der Waals surface area contributed by atoms with E-state index in [2.05, 4.69) is 241 Å². The van der Waals surface area contributed by atoms with Crippen LogP contribution in [0, 0.1) is 0 Å². The van der Waals surface area contributed by atoms with Crippen LogP contribution in [-0.2, 0) is 5.41 Å². The fourth-order valence-corrected chi connectivity index (χ4v) is 8.86. The number of fused-ring (bicyclic) bond motifs is 5.